The molecule has 0 heterocycles. The molecule has 0 fully saturated rings. The topological polar surface area (TPSA) is 0 Å². The molecule has 0 aromatic carbocycles. The van der Waals surface area contributed by atoms with Gasteiger partial charge in [0, 0.05) is 13.1 Å². The molecule has 36 valence electrons. The van der Waals surface area contributed by atoms with Gasteiger partial charge in [-0.25, -0.2) is 0 Å². The minimum Gasteiger partial charge on any atom is -0.108 e. The van der Waals surface area contributed by atoms with E-state index in [2.05, 4.69) is 48.1 Å². The van der Waals surface area contributed by atoms with Crippen molar-refractivity contribution in [1.82, 2.24) is 0 Å². The van der Waals surface area contributed by atoms with Gasteiger partial charge in [0.15, 0.2) is 0 Å². The van der Waals surface area contributed by atoms with E-state index >= 15 is 0 Å². The standard InChI is InChI=1S/2HPS2.Zn/c2*2-1-3;/h2*(H,2,3);/q;;+2. The largest absolute Gasteiger partial charge is 2.00 e. The van der Waals surface area contributed by atoms with Gasteiger partial charge in [-0.05, 0) is 23.6 Å². The Bertz CT molecular complexity index is 30.7. The molecule has 7 heavy (non-hydrogen) atoms. The van der Waals surface area contributed by atoms with Gasteiger partial charge >= 0.3 is 19.5 Å². The first kappa shape index (κ1) is 16.2. The Hall–Kier alpha value is 2.36. The molecule has 0 aliphatic rings. The minimum atomic E-state index is 0. The summed E-state index contributed by atoms with van der Waals surface area (Å²) in [6.07, 6.45) is 0. The van der Waals surface area contributed by atoms with Crippen molar-refractivity contribution in [2.24, 2.45) is 0 Å². The van der Waals surface area contributed by atoms with Crippen LogP contribution in [-0.2, 0) is 43.1 Å². The molecule has 0 aromatic rings. The smallest absolute Gasteiger partial charge is 0.108 e. The predicted molar refractivity (Wildman–Crippen MR) is 46.5 cm³/mol. The molecule has 0 N–H and O–H groups in total. The molecule has 0 aliphatic heterocycles. The SMILES string of the molecule is S=PS.S=PS.[Zn+2]. The molecule has 0 aliphatic carbocycles. The summed E-state index contributed by atoms with van der Waals surface area (Å²) in [7, 11) is 0. The molecule has 0 aromatic heterocycles. The maximum Gasteiger partial charge on any atom is 2.00 e. The van der Waals surface area contributed by atoms with E-state index in [4.69, 9.17) is 0 Å². The maximum absolute atomic E-state index is 4.23. The second kappa shape index (κ2) is 23.8. The van der Waals surface area contributed by atoms with E-state index in [1.807, 2.05) is 0 Å². The molecule has 0 atom stereocenters. The van der Waals surface area contributed by atoms with Gasteiger partial charge < -0.3 is 0 Å². The van der Waals surface area contributed by atoms with Crippen molar-refractivity contribution in [2.45, 2.75) is 0 Å². The summed E-state index contributed by atoms with van der Waals surface area (Å²) in [4.78, 5) is 0. The second-order valence-corrected chi connectivity index (χ2v) is 4.41. The number of thiol groups is 2. The van der Waals surface area contributed by atoms with Gasteiger partial charge in [-0.3, -0.25) is 0 Å². The van der Waals surface area contributed by atoms with Crippen molar-refractivity contribution in [3.05, 3.63) is 0 Å². The van der Waals surface area contributed by atoms with E-state index in [-0.39, 0.29) is 19.5 Å². The van der Waals surface area contributed by atoms with Crippen LogP contribution >= 0.6 is 37.6 Å². The zero-order chi connectivity index (χ0) is 5.41. The van der Waals surface area contributed by atoms with E-state index in [1.54, 1.807) is 0 Å². The predicted octanol–water partition coefficient (Wildman–Crippen LogP) is 2.48. The molecule has 0 amide bonds. The van der Waals surface area contributed by atoms with Crippen LogP contribution < -0.4 is 0 Å². The summed E-state index contributed by atoms with van der Waals surface area (Å²) in [5.74, 6) is 0. The molecule has 0 saturated carbocycles. The Labute approximate surface area is 80.0 Å². The summed E-state index contributed by atoms with van der Waals surface area (Å²) in [6.45, 7) is 1.39. The van der Waals surface area contributed by atoms with Gasteiger partial charge in [-0.2, -0.15) is 0 Å². The molecule has 0 bridgehead atoms. The molecule has 0 unspecified atom stereocenters. The van der Waals surface area contributed by atoms with Crippen molar-refractivity contribution >= 4 is 61.2 Å². The summed E-state index contributed by atoms with van der Waals surface area (Å²) < 4.78 is 0. The summed E-state index contributed by atoms with van der Waals surface area (Å²) >= 11 is 15.6. The third-order valence-electron chi connectivity index (χ3n) is 0. The molecule has 0 saturated heterocycles. The van der Waals surface area contributed by atoms with E-state index in [1.165, 1.54) is 0 Å². The fourth-order valence-corrected chi connectivity index (χ4v) is 0. The molecule has 0 nitrogen and oxygen atoms in total. The first-order chi connectivity index (χ1) is 2.83. The van der Waals surface area contributed by atoms with Crippen molar-refractivity contribution in [3.63, 3.8) is 0 Å². The third-order valence-corrected chi connectivity index (χ3v) is 0. The fraction of sp³-hybridized carbons (Fsp3) is 0. The average Bonchev–Trinajstić information content (AvgIpc) is 1.39. The van der Waals surface area contributed by atoms with Crippen LogP contribution in [-0.4, -0.2) is 0 Å². The number of hydrogen-bond acceptors (Lipinski definition) is 2. The Kier molecular flexibility index (Phi) is 55.0. The Morgan fingerprint density at radius 2 is 1.00 bits per heavy atom. The minimum absolute atomic E-state index is 0. The van der Waals surface area contributed by atoms with Crippen molar-refractivity contribution in [3.8, 4) is 0 Å². The fourth-order valence-electron chi connectivity index (χ4n) is 0. The summed E-state index contributed by atoms with van der Waals surface area (Å²) in [5, 5.41) is 0. The summed E-state index contributed by atoms with van der Waals surface area (Å²) in [6, 6.07) is 0. The van der Waals surface area contributed by atoms with E-state index in [0.717, 1.165) is 0 Å². The molecular formula is H2P2S4Zn+2. The van der Waals surface area contributed by atoms with Crippen molar-refractivity contribution < 1.29 is 19.5 Å². The van der Waals surface area contributed by atoms with Gasteiger partial charge in [0.2, 0.25) is 0 Å². The van der Waals surface area contributed by atoms with Crippen LogP contribution in [0.2, 0.25) is 0 Å². The Balaban J connectivity index is -0.0000000400. The monoisotopic (exact) mass is 256 g/mol. The molecule has 0 spiro atoms. The van der Waals surface area contributed by atoms with Gasteiger partial charge in [0.25, 0.3) is 0 Å². The van der Waals surface area contributed by atoms with E-state index in [0.29, 0.717) is 13.1 Å². The zero-order valence-corrected chi connectivity index (χ0v) is 11.5. The molecular weight excluding hydrogens is 256 g/mol. The zero-order valence-electron chi connectivity index (χ0n) is 3.31. The Morgan fingerprint density at radius 3 is 1.00 bits per heavy atom. The molecule has 7 heteroatoms. The van der Waals surface area contributed by atoms with Crippen LogP contribution in [0.3, 0.4) is 0 Å². The van der Waals surface area contributed by atoms with Gasteiger partial charge in [0.05, 0.1) is 0 Å². The van der Waals surface area contributed by atoms with Gasteiger partial charge in [-0.15, -0.1) is 24.5 Å². The van der Waals surface area contributed by atoms with Gasteiger partial charge in [-0.1, -0.05) is 0 Å². The normalized spacial score (nSPS) is 6.00. The van der Waals surface area contributed by atoms with Crippen LogP contribution in [0.4, 0.5) is 0 Å². The third kappa shape index (κ3) is 60.6. The first-order valence-electron chi connectivity index (χ1n) is 0.765. The number of rotatable bonds is 0. The first-order valence-corrected chi connectivity index (χ1v) is 6.89. The van der Waals surface area contributed by atoms with Crippen LogP contribution in [0.1, 0.15) is 0 Å². The van der Waals surface area contributed by atoms with E-state index in [9.17, 15) is 0 Å². The van der Waals surface area contributed by atoms with Crippen molar-refractivity contribution in [1.29, 1.82) is 0 Å². The second-order valence-electron chi connectivity index (χ2n) is 0.163. The van der Waals surface area contributed by atoms with Crippen LogP contribution in [0.15, 0.2) is 0 Å². The van der Waals surface area contributed by atoms with Crippen LogP contribution in [0.5, 0.6) is 0 Å². The quantitative estimate of drug-likeness (QED) is 0.389. The molecule has 0 radical (unpaired) electrons. The average molecular weight is 258 g/mol. The molecule has 0 rings (SSSR count). The summed E-state index contributed by atoms with van der Waals surface area (Å²) in [5.41, 5.74) is 0. The van der Waals surface area contributed by atoms with Crippen molar-refractivity contribution in [2.75, 3.05) is 0 Å². The maximum atomic E-state index is 4.23. The van der Waals surface area contributed by atoms with Gasteiger partial charge in [0.1, 0.15) is 0 Å². The Morgan fingerprint density at radius 1 is 1.00 bits per heavy atom. The van der Waals surface area contributed by atoms with E-state index < -0.39 is 0 Å². The van der Waals surface area contributed by atoms with Crippen LogP contribution in [0.25, 0.3) is 0 Å². The van der Waals surface area contributed by atoms with Crippen LogP contribution in [0, 0.1) is 0 Å². The number of hydrogen-bond donors (Lipinski definition) is 2.